The van der Waals surface area contributed by atoms with Crippen LogP contribution in [0, 0.1) is 0 Å². The highest BCUT2D eigenvalue weighted by Gasteiger charge is 2.05. The second-order valence-electron chi connectivity index (χ2n) is 2.94. The quantitative estimate of drug-likeness (QED) is 0.493. The number of anilines is 2. The third-order valence-corrected chi connectivity index (χ3v) is 1.94. The van der Waals surface area contributed by atoms with Gasteiger partial charge in [-0.3, -0.25) is 20.2 Å². The Labute approximate surface area is 83.3 Å². The van der Waals surface area contributed by atoms with Crippen LogP contribution in [-0.4, -0.2) is 20.4 Å². The van der Waals surface area contributed by atoms with Crippen LogP contribution in [0.1, 0.15) is 0 Å². The first-order valence-electron chi connectivity index (χ1n) is 4.05. The number of rotatable bonds is 1. The highest BCUT2D eigenvalue weighted by atomic mass is 16.8. The number of hydrogen-bond acceptors (Lipinski definition) is 6. The number of aromatic nitrogens is 2. The van der Waals surface area contributed by atoms with Gasteiger partial charge in [-0.05, 0) is 18.2 Å². The van der Waals surface area contributed by atoms with E-state index < -0.39 is 5.56 Å². The number of H-pyrrole nitrogens is 1. The monoisotopic (exact) mass is 208 g/mol. The molecule has 0 fully saturated rings. The second kappa shape index (κ2) is 3.23. The van der Waals surface area contributed by atoms with Crippen molar-refractivity contribution in [2.75, 3.05) is 11.0 Å². The van der Waals surface area contributed by atoms with E-state index in [0.717, 1.165) is 0 Å². The molecule has 0 aliphatic heterocycles. The SMILES string of the molecule is Nc1nc2ccc(N(O)O)cc2c(=O)[nH]1. The average molecular weight is 208 g/mol. The molecule has 1 aromatic heterocycles. The van der Waals surface area contributed by atoms with E-state index in [0.29, 0.717) is 5.52 Å². The van der Waals surface area contributed by atoms with Crippen LogP contribution >= 0.6 is 0 Å². The van der Waals surface area contributed by atoms with Gasteiger partial charge >= 0.3 is 0 Å². The van der Waals surface area contributed by atoms with Gasteiger partial charge in [0, 0.05) is 0 Å². The van der Waals surface area contributed by atoms with Crippen molar-refractivity contribution in [1.82, 2.24) is 9.97 Å². The number of nitrogen functional groups attached to an aromatic ring is 1. The lowest BCUT2D eigenvalue weighted by molar-refractivity contribution is 0.0292. The van der Waals surface area contributed by atoms with Crippen LogP contribution in [0.3, 0.4) is 0 Å². The van der Waals surface area contributed by atoms with Gasteiger partial charge in [-0.15, -0.1) is 5.23 Å². The molecule has 0 saturated carbocycles. The summed E-state index contributed by atoms with van der Waals surface area (Å²) in [6.45, 7) is 0. The minimum absolute atomic E-state index is 0.0186. The van der Waals surface area contributed by atoms with Crippen LogP contribution in [0.4, 0.5) is 11.6 Å². The van der Waals surface area contributed by atoms with Crippen LogP contribution in [-0.2, 0) is 0 Å². The number of aromatic amines is 1. The summed E-state index contributed by atoms with van der Waals surface area (Å²) < 4.78 is 0. The van der Waals surface area contributed by atoms with Gasteiger partial charge in [-0.1, -0.05) is 0 Å². The van der Waals surface area contributed by atoms with Crippen molar-refractivity contribution >= 4 is 22.5 Å². The summed E-state index contributed by atoms with van der Waals surface area (Å²) >= 11 is 0. The van der Waals surface area contributed by atoms with E-state index in [2.05, 4.69) is 9.97 Å². The number of hydrogen-bond donors (Lipinski definition) is 4. The molecular weight excluding hydrogens is 200 g/mol. The normalized spacial score (nSPS) is 10.5. The average Bonchev–Trinajstić information content (AvgIpc) is 2.16. The number of nitrogens with one attached hydrogen (secondary N) is 1. The molecule has 0 aliphatic rings. The standard InChI is InChI=1S/C8H8N4O3/c9-8-10-6-2-1-4(12(14)15)3-5(6)7(13)11-8/h1-3,14-15H,(H3,9,10,11,13). The Hall–Kier alpha value is -2.12. The minimum Gasteiger partial charge on any atom is -0.369 e. The van der Waals surface area contributed by atoms with Crippen LogP contribution in [0.2, 0.25) is 0 Å². The predicted molar refractivity (Wildman–Crippen MR) is 52.8 cm³/mol. The maximum absolute atomic E-state index is 11.4. The molecule has 1 heterocycles. The molecule has 0 bridgehead atoms. The molecule has 7 heteroatoms. The summed E-state index contributed by atoms with van der Waals surface area (Å²) in [6.07, 6.45) is 0. The van der Waals surface area contributed by atoms with Gasteiger partial charge in [0.25, 0.3) is 5.56 Å². The Morgan fingerprint density at radius 3 is 2.80 bits per heavy atom. The van der Waals surface area contributed by atoms with Crippen molar-refractivity contribution in [3.63, 3.8) is 0 Å². The van der Waals surface area contributed by atoms with Gasteiger partial charge < -0.3 is 5.73 Å². The minimum atomic E-state index is -0.429. The summed E-state index contributed by atoms with van der Waals surface area (Å²) in [5, 5.41) is 17.7. The van der Waals surface area contributed by atoms with Gasteiger partial charge in [0.2, 0.25) is 5.95 Å². The molecule has 1 aromatic carbocycles. The van der Waals surface area contributed by atoms with E-state index in [1.807, 2.05) is 0 Å². The first-order chi connectivity index (χ1) is 7.08. The Morgan fingerprint density at radius 2 is 2.13 bits per heavy atom. The third-order valence-electron chi connectivity index (χ3n) is 1.94. The summed E-state index contributed by atoms with van der Waals surface area (Å²) in [5.74, 6) is 0.0186. The smallest absolute Gasteiger partial charge is 0.260 e. The molecule has 78 valence electrons. The lowest BCUT2D eigenvalue weighted by Gasteiger charge is -2.07. The van der Waals surface area contributed by atoms with Crippen molar-refractivity contribution in [1.29, 1.82) is 0 Å². The van der Waals surface area contributed by atoms with Gasteiger partial charge in [-0.2, -0.15) is 0 Å². The summed E-state index contributed by atoms with van der Waals surface area (Å²) in [6, 6.07) is 4.16. The Bertz CT molecular complexity index is 563. The largest absolute Gasteiger partial charge is 0.369 e. The molecular formula is C8H8N4O3. The maximum atomic E-state index is 11.4. The van der Waals surface area contributed by atoms with E-state index in [1.165, 1.54) is 18.2 Å². The molecule has 5 N–H and O–H groups in total. The van der Waals surface area contributed by atoms with Crippen LogP contribution in [0.5, 0.6) is 0 Å². The van der Waals surface area contributed by atoms with Crippen LogP contribution in [0.25, 0.3) is 10.9 Å². The lowest BCUT2D eigenvalue weighted by atomic mass is 10.2. The van der Waals surface area contributed by atoms with Gasteiger partial charge in [0.1, 0.15) is 0 Å². The van der Waals surface area contributed by atoms with Gasteiger partial charge in [0.05, 0.1) is 16.6 Å². The molecule has 0 radical (unpaired) electrons. The zero-order valence-electron chi connectivity index (χ0n) is 7.51. The number of benzene rings is 1. The molecule has 15 heavy (non-hydrogen) atoms. The van der Waals surface area contributed by atoms with E-state index in [4.69, 9.17) is 16.1 Å². The second-order valence-corrected chi connectivity index (χ2v) is 2.94. The molecule has 7 nitrogen and oxygen atoms in total. The first kappa shape index (κ1) is 9.44. The van der Waals surface area contributed by atoms with Crippen molar-refractivity contribution < 1.29 is 10.4 Å². The van der Waals surface area contributed by atoms with Gasteiger partial charge in [-0.25, -0.2) is 4.98 Å². The van der Waals surface area contributed by atoms with Crippen molar-refractivity contribution in [2.24, 2.45) is 0 Å². The maximum Gasteiger partial charge on any atom is 0.260 e. The Balaban J connectivity index is 2.77. The van der Waals surface area contributed by atoms with Crippen LogP contribution in [0.15, 0.2) is 23.0 Å². The topological polar surface area (TPSA) is 115 Å². The lowest BCUT2D eigenvalue weighted by Crippen LogP contribution is -2.14. The molecule has 0 aliphatic carbocycles. The molecule has 0 unspecified atom stereocenters. The Morgan fingerprint density at radius 1 is 1.40 bits per heavy atom. The summed E-state index contributed by atoms with van der Waals surface area (Å²) in [5.41, 5.74) is 5.38. The first-order valence-corrected chi connectivity index (χ1v) is 4.05. The van der Waals surface area contributed by atoms with E-state index in [9.17, 15) is 4.79 Å². The van der Waals surface area contributed by atoms with Crippen molar-refractivity contribution in [3.05, 3.63) is 28.6 Å². The third kappa shape index (κ3) is 1.60. The highest BCUT2D eigenvalue weighted by molar-refractivity contribution is 5.81. The van der Waals surface area contributed by atoms with E-state index >= 15 is 0 Å². The predicted octanol–water partition coefficient (Wildman–Crippen LogP) is 0.0901. The summed E-state index contributed by atoms with van der Waals surface area (Å²) in [4.78, 5) is 17.6. The molecule has 0 spiro atoms. The zero-order chi connectivity index (χ0) is 11.0. The highest BCUT2D eigenvalue weighted by Crippen LogP contribution is 2.16. The van der Waals surface area contributed by atoms with Gasteiger partial charge in [0.15, 0.2) is 0 Å². The number of nitrogens with zero attached hydrogens (tertiary/aromatic N) is 2. The molecule has 0 amide bonds. The molecule has 0 saturated heterocycles. The number of nitrogens with two attached hydrogens (primary N) is 1. The molecule has 2 aromatic rings. The Kier molecular flexibility index (Phi) is 2.03. The van der Waals surface area contributed by atoms with Crippen LogP contribution < -0.4 is 16.5 Å². The van der Waals surface area contributed by atoms with Crippen molar-refractivity contribution in [2.45, 2.75) is 0 Å². The van der Waals surface area contributed by atoms with E-state index in [1.54, 1.807) is 0 Å². The fourth-order valence-corrected chi connectivity index (χ4v) is 1.27. The summed E-state index contributed by atoms with van der Waals surface area (Å²) in [7, 11) is 0. The fourth-order valence-electron chi connectivity index (χ4n) is 1.27. The van der Waals surface area contributed by atoms with E-state index in [-0.39, 0.29) is 22.2 Å². The molecule has 2 rings (SSSR count). The van der Waals surface area contributed by atoms with Crippen molar-refractivity contribution in [3.8, 4) is 0 Å². The fraction of sp³-hybridized carbons (Fsp3) is 0. The number of fused-ring (bicyclic) bond motifs is 1. The zero-order valence-corrected chi connectivity index (χ0v) is 7.51. The molecule has 0 atom stereocenters.